The Labute approximate surface area is 214 Å². The number of carbonyl (C=O) groups is 1. The van der Waals surface area contributed by atoms with Crippen molar-refractivity contribution in [1.82, 2.24) is 15.6 Å². The monoisotopic (exact) mass is 564 g/mol. The summed E-state index contributed by atoms with van der Waals surface area (Å²) in [6.07, 6.45) is 5.43. The maximum absolute atomic E-state index is 11.5. The van der Waals surface area contributed by atoms with Crippen molar-refractivity contribution in [1.29, 1.82) is 0 Å². The molecule has 3 rings (SSSR count). The number of aliphatic imine (C=N–C) groups is 1. The van der Waals surface area contributed by atoms with Crippen LogP contribution < -0.4 is 21.3 Å². The predicted molar refractivity (Wildman–Crippen MR) is 146 cm³/mol. The fraction of sp³-hybridized carbons (Fsp3) is 0.480. The van der Waals surface area contributed by atoms with Gasteiger partial charge in [-0.25, -0.2) is 9.98 Å². The topological polar surface area (TPSA) is 95.6 Å². The highest BCUT2D eigenvalue weighted by Crippen LogP contribution is 2.24. The third kappa shape index (κ3) is 8.49. The van der Waals surface area contributed by atoms with E-state index < -0.39 is 0 Å². The first kappa shape index (κ1) is 26.9. The molecule has 180 valence electrons. The number of hydrogen-bond donors (Lipinski definition) is 3. The molecule has 4 N–H and O–H groups in total. The average Bonchev–Trinajstić information content (AvgIpc) is 2.82. The highest BCUT2D eigenvalue weighted by molar-refractivity contribution is 14.0. The number of anilines is 1. The van der Waals surface area contributed by atoms with Crippen LogP contribution in [0, 0.1) is 5.92 Å². The van der Waals surface area contributed by atoms with Gasteiger partial charge in [-0.05, 0) is 51.2 Å². The summed E-state index contributed by atoms with van der Waals surface area (Å²) in [5.74, 6) is 1.54. The van der Waals surface area contributed by atoms with Gasteiger partial charge in [0, 0.05) is 43.4 Å². The van der Waals surface area contributed by atoms with Crippen molar-refractivity contribution in [2.24, 2.45) is 16.6 Å². The van der Waals surface area contributed by atoms with E-state index in [-0.39, 0.29) is 35.8 Å². The number of aryl methyl sites for hydroxylation is 1. The van der Waals surface area contributed by atoms with Crippen LogP contribution in [0.2, 0.25) is 0 Å². The Morgan fingerprint density at radius 3 is 2.61 bits per heavy atom. The van der Waals surface area contributed by atoms with Crippen molar-refractivity contribution in [3.8, 4) is 0 Å². The second kappa shape index (κ2) is 14.0. The second-order valence-electron chi connectivity index (χ2n) is 8.41. The zero-order valence-electron chi connectivity index (χ0n) is 19.7. The predicted octanol–water partition coefficient (Wildman–Crippen LogP) is 3.48. The van der Waals surface area contributed by atoms with Crippen LogP contribution in [0.15, 0.2) is 53.7 Å². The average molecular weight is 565 g/mol. The molecule has 1 unspecified atom stereocenters. The molecular formula is C25H37IN6O. The van der Waals surface area contributed by atoms with Crippen molar-refractivity contribution in [2.45, 2.75) is 52.1 Å². The van der Waals surface area contributed by atoms with Crippen molar-refractivity contribution >= 4 is 41.7 Å². The Hall–Kier alpha value is -2.36. The first-order chi connectivity index (χ1) is 15.6. The number of nitrogens with zero attached hydrogens (tertiary/aromatic N) is 3. The smallest absolute Gasteiger partial charge is 0.220 e. The molecule has 1 aliphatic rings. The van der Waals surface area contributed by atoms with Crippen LogP contribution in [0.4, 0.5) is 5.82 Å². The van der Waals surface area contributed by atoms with Gasteiger partial charge in [0.2, 0.25) is 5.91 Å². The van der Waals surface area contributed by atoms with Crippen molar-refractivity contribution in [3.63, 3.8) is 0 Å². The molecule has 1 aromatic carbocycles. The van der Waals surface area contributed by atoms with Crippen LogP contribution in [-0.2, 0) is 17.8 Å². The van der Waals surface area contributed by atoms with Crippen LogP contribution in [0.25, 0.3) is 0 Å². The molecular weight excluding hydrogens is 527 g/mol. The van der Waals surface area contributed by atoms with Crippen LogP contribution in [0.3, 0.4) is 0 Å². The molecule has 7 nitrogen and oxygen atoms in total. The maximum Gasteiger partial charge on any atom is 0.220 e. The molecule has 8 heteroatoms. The number of benzene rings is 1. The van der Waals surface area contributed by atoms with Crippen LogP contribution in [0.5, 0.6) is 0 Å². The number of guanidine groups is 1. The highest BCUT2D eigenvalue weighted by Gasteiger charge is 2.24. The van der Waals surface area contributed by atoms with E-state index in [4.69, 9.17) is 10.7 Å². The Morgan fingerprint density at radius 1 is 1.21 bits per heavy atom. The summed E-state index contributed by atoms with van der Waals surface area (Å²) in [4.78, 5) is 23.2. The summed E-state index contributed by atoms with van der Waals surface area (Å²) in [5.41, 5.74) is 7.91. The molecule has 0 bridgehead atoms. The number of pyridine rings is 1. The van der Waals surface area contributed by atoms with Gasteiger partial charge in [-0.2, -0.15) is 0 Å². The number of nitrogens with two attached hydrogens (primary N) is 1. The number of primary amides is 1. The van der Waals surface area contributed by atoms with Crippen LogP contribution >= 0.6 is 24.0 Å². The van der Waals surface area contributed by atoms with E-state index in [9.17, 15) is 4.79 Å². The lowest BCUT2D eigenvalue weighted by atomic mass is 9.96. The zero-order chi connectivity index (χ0) is 22.8. The molecule has 0 saturated carbocycles. The van der Waals surface area contributed by atoms with Gasteiger partial charge in [0.25, 0.3) is 0 Å². The number of rotatable bonds is 9. The zero-order valence-corrected chi connectivity index (χ0v) is 22.0. The van der Waals surface area contributed by atoms with Gasteiger partial charge in [-0.1, -0.05) is 36.4 Å². The summed E-state index contributed by atoms with van der Waals surface area (Å²) in [6, 6.07) is 14.9. The second-order valence-corrected chi connectivity index (χ2v) is 8.41. The number of hydrogen-bond acceptors (Lipinski definition) is 4. The number of piperidine rings is 1. The van der Waals surface area contributed by atoms with Gasteiger partial charge < -0.3 is 21.3 Å². The van der Waals surface area contributed by atoms with E-state index in [1.54, 1.807) is 0 Å². The lowest BCUT2D eigenvalue weighted by molar-refractivity contribution is -0.122. The summed E-state index contributed by atoms with van der Waals surface area (Å²) in [6.45, 7) is 7.18. The first-order valence-corrected chi connectivity index (χ1v) is 11.6. The first-order valence-electron chi connectivity index (χ1n) is 11.6. The van der Waals surface area contributed by atoms with Gasteiger partial charge in [0.05, 0.1) is 6.54 Å². The number of nitrogens with one attached hydrogen (secondary N) is 2. The van der Waals surface area contributed by atoms with Crippen LogP contribution in [-0.4, -0.2) is 42.5 Å². The van der Waals surface area contributed by atoms with Crippen molar-refractivity contribution in [2.75, 3.05) is 24.5 Å². The van der Waals surface area contributed by atoms with Gasteiger partial charge in [-0.3, -0.25) is 4.79 Å². The molecule has 1 aromatic heterocycles. The van der Waals surface area contributed by atoms with Gasteiger partial charge in [0.15, 0.2) is 5.96 Å². The Bertz CT molecular complexity index is 883. The summed E-state index contributed by atoms with van der Waals surface area (Å²) < 4.78 is 0. The van der Waals surface area contributed by atoms with Crippen molar-refractivity contribution < 1.29 is 4.79 Å². The number of amides is 1. The molecule has 33 heavy (non-hydrogen) atoms. The number of halogens is 1. The van der Waals surface area contributed by atoms with E-state index >= 15 is 0 Å². The van der Waals surface area contributed by atoms with Crippen molar-refractivity contribution in [3.05, 3.63) is 59.8 Å². The molecule has 0 radical (unpaired) electrons. The lowest BCUT2D eigenvalue weighted by Crippen LogP contribution is -2.42. The van der Waals surface area contributed by atoms with E-state index in [0.717, 1.165) is 62.7 Å². The molecule has 1 aliphatic heterocycles. The molecule has 1 atom stereocenters. The fourth-order valence-electron chi connectivity index (χ4n) is 4.03. The molecule has 1 saturated heterocycles. The summed E-state index contributed by atoms with van der Waals surface area (Å²) >= 11 is 0. The van der Waals surface area contributed by atoms with Gasteiger partial charge in [0.1, 0.15) is 5.82 Å². The number of carbonyl (C=O) groups excluding carboxylic acids is 1. The quantitative estimate of drug-likeness (QED) is 0.246. The summed E-state index contributed by atoms with van der Waals surface area (Å²) in [7, 11) is 0. The number of aromatic nitrogens is 1. The SMILES string of the molecule is CCNC(=NCc1cccnc1N1CCC(C(N)=O)CC1)NC(C)CCc1ccccc1.I. The maximum atomic E-state index is 11.5. The standard InChI is InChI=1S/C25H36N6O.HI/c1-3-27-25(30-19(2)11-12-20-8-5-4-6-9-20)29-18-22-10-7-15-28-24(22)31-16-13-21(14-17-31)23(26)32;/h4-10,15,19,21H,3,11-14,16-18H2,1-2H3,(H2,26,32)(H2,27,29,30);1H. The van der Waals surface area contributed by atoms with E-state index in [1.807, 2.05) is 18.3 Å². The Morgan fingerprint density at radius 2 is 1.94 bits per heavy atom. The molecule has 0 spiro atoms. The van der Waals surface area contributed by atoms with E-state index in [1.165, 1.54) is 5.56 Å². The highest BCUT2D eigenvalue weighted by atomic mass is 127. The fourth-order valence-corrected chi connectivity index (χ4v) is 4.03. The Kier molecular flexibility index (Phi) is 11.4. The third-order valence-corrected chi connectivity index (χ3v) is 5.91. The molecule has 2 heterocycles. The minimum absolute atomic E-state index is 0. The third-order valence-electron chi connectivity index (χ3n) is 5.91. The molecule has 1 fully saturated rings. The van der Waals surface area contributed by atoms with Crippen LogP contribution in [0.1, 0.15) is 44.2 Å². The van der Waals surface area contributed by atoms with E-state index in [0.29, 0.717) is 12.6 Å². The summed E-state index contributed by atoms with van der Waals surface area (Å²) in [5, 5.41) is 6.88. The van der Waals surface area contributed by atoms with Gasteiger partial charge >= 0.3 is 0 Å². The molecule has 2 aromatic rings. The minimum Gasteiger partial charge on any atom is -0.369 e. The van der Waals surface area contributed by atoms with E-state index in [2.05, 4.69) is 64.7 Å². The molecule has 0 aliphatic carbocycles. The minimum atomic E-state index is -0.196. The molecule has 1 amide bonds. The largest absolute Gasteiger partial charge is 0.369 e. The van der Waals surface area contributed by atoms with Gasteiger partial charge in [-0.15, -0.1) is 24.0 Å². The lowest BCUT2D eigenvalue weighted by Gasteiger charge is -2.32. The Balaban J connectivity index is 0.00000385. The normalized spacial score (nSPS) is 15.5.